The standard InChI is InChI=1S/C13H12ClF3N4/c1-8-19-4-5-21(8)11-3-2-9(13(15,16)17)6-10(11)20-12(18)7-14/h2-6H,7H2,1H3,(H2,18,20). The van der Waals surface area contributed by atoms with Crippen LogP contribution >= 0.6 is 11.6 Å². The number of aromatic nitrogens is 2. The summed E-state index contributed by atoms with van der Waals surface area (Å²) in [6.45, 7) is 1.73. The number of hydrogen-bond donors (Lipinski definition) is 1. The van der Waals surface area contributed by atoms with Gasteiger partial charge >= 0.3 is 6.18 Å². The highest BCUT2D eigenvalue weighted by molar-refractivity contribution is 6.28. The van der Waals surface area contributed by atoms with Crippen molar-refractivity contribution in [2.75, 3.05) is 5.88 Å². The summed E-state index contributed by atoms with van der Waals surface area (Å²) >= 11 is 5.54. The molecule has 4 nitrogen and oxygen atoms in total. The van der Waals surface area contributed by atoms with Crippen LogP contribution in [0.25, 0.3) is 5.69 Å². The van der Waals surface area contributed by atoms with E-state index in [1.807, 2.05) is 0 Å². The first-order chi connectivity index (χ1) is 9.82. The SMILES string of the molecule is Cc1nccn1-c1ccc(C(F)(F)F)cc1N=C(N)CCl. The molecule has 0 radical (unpaired) electrons. The molecule has 0 aliphatic rings. The molecule has 2 aromatic rings. The Morgan fingerprint density at radius 1 is 1.43 bits per heavy atom. The molecule has 0 aliphatic heterocycles. The molecule has 1 aromatic carbocycles. The number of benzene rings is 1. The zero-order chi connectivity index (χ0) is 15.6. The van der Waals surface area contributed by atoms with Crippen molar-refractivity contribution in [2.24, 2.45) is 10.7 Å². The van der Waals surface area contributed by atoms with Crippen molar-refractivity contribution >= 4 is 23.1 Å². The molecule has 0 fully saturated rings. The summed E-state index contributed by atoms with van der Waals surface area (Å²) in [5.41, 5.74) is 5.27. The van der Waals surface area contributed by atoms with E-state index in [-0.39, 0.29) is 17.4 Å². The Kier molecular flexibility index (Phi) is 4.22. The molecule has 1 heterocycles. The second kappa shape index (κ2) is 5.77. The van der Waals surface area contributed by atoms with E-state index in [2.05, 4.69) is 9.98 Å². The Morgan fingerprint density at radius 2 is 2.14 bits per heavy atom. The van der Waals surface area contributed by atoms with Gasteiger partial charge in [0.05, 0.1) is 22.8 Å². The topological polar surface area (TPSA) is 56.2 Å². The monoisotopic (exact) mass is 316 g/mol. The lowest BCUT2D eigenvalue weighted by atomic mass is 10.1. The van der Waals surface area contributed by atoms with Crippen LogP contribution in [0, 0.1) is 6.92 Å². The summed E-state index contributed by atoms with van der Waals surface area (Å²) in [6, 6.07) is 3.26. The maximum absolute atomic E-state index is 12.8. The molecule has 0 aliphatic carbocycles. The molecule has 2 rings (SSSR count). The lowest BCUT2D eigenvalue weighted by Gasteiger charge is -2.13. The number of amidine groups is 1. The van der Waals surface area contributed by atoms with Gasteiger partial charge in [-0.2, -0.15) is 13.2 Å². The Bertz CT molecular complexity index is 676. The Morgan fingerprint density at radius 3 is 2.67 bits per heavy atom. The van der Waals surface area contributed by atoms with Gasteiger partial charge in [-0.05, 0) is 25.1 Å². The predicted octanol–water partition coefficient (Wildman–Crippen LogP) is 3.43. The summed E-state index contributed by atoms with van der Waals surface area (Å²) in [5, 5.41) is 0. The second-order valence-electron chi connectivity index (χ2n) is 4.28. The van der Waals surface area contributed by atoms with Crippen molar-refractivity contribution in [2.45, 2.75) is 13.1 Å². The fourth-order valence-electron chi connectivity index (χ4n) is 1.81. The van der Waals surface area contributed by atoms with Gasteiger partial charge < -0.3 is 10.3 Å². The van der Waals surface area contributed by atoms with E-state index in [0.29, 0.717) is 11.5 Å². The molecule has 0 saturated heterocycles. The van der Waals surface area contributed by atoms with E-state index < -0.39 is 11.7 Å². The number of hydrogen-bond acceptors (Lipinski definition) is 2. The average Bonchev–Trinajstić information content (AvgIpc) is 2.83. The highest BCUT2D eigenvalue weighted by Crippen LogP contribution is 2.34. The van der Waals surface area contributed by atoms with Crippen LogP contribution in [0.1, 0.15) is 11.4 Å². The van der Waals surface area contributed by atoms with E-state index >= 15 is 0 Å². The molecule has 21 heavy (non-hydrogen) atoms. The third-order valence-electron chi connectivity index (χ3n) is 2.79. The molecule has 8 heteroatoms. The van der Waals surface area contributed by atoms with Gasteiger partial charge in [-0.15, -0.1) is 11.6 Å². The number of nitrogens with two attached hydrogens (primary N) is 1. The quantitative estimate of drug-likeness (QED) is 0.536. The summed E-state index contributed by atoms with van der Waals surface area (Å²) in [7, 11) is 0. The Hall–Kier alpha value is -2.02. The van der Waals surface area contributed by atoms with Gasteiger partial charge in [0.2, 0.25) is 0 Å². The molecule has 0 saturated carbocycles. The molecule has 0 amide bonds. The van der Waals surface area contributed by atoms with Gasteiger partial charge in [-0.1, -0.05) is 0 Å². The highest BCUT2D eigenvalue weighted by Gasteiger charge is 2.31. The zero-order valence-corrected chi connectivity index (χ0v) is 11.8. The van der Waals surface area contributed by atoms with Crippen LogP contribution in [0.3, 0.4) is 0 Å². The molecule has 112 valence electrons. The van der Waals surface area contributed by atoms with Gasteiger partial charge in [0.25, 0.3) is 0 Å². The van der Waals surface area contributed by atoms with Crippen molar-refractivity contribution < 1.29 is 13.2 Å². The smallest absolute Gasteiger partial charge is 0.386 e. The van der Waals surface area contributed by atoms with E-state index in [1.54, 1.807) is 23.9 Å². The zero-order valence-electron chi connectivity index (χ0n) is 11.0. The number of alkyl halides is 4. The molecule has 0 atom stereocenters. The minimum Gasteiger partial charge on any atom is -0.386 e. The minimum absolute atomic E-state index is 0.0370. The first-order valence-corrected chi connectivity index (χ1v) is 6.47. The lowest BCUT2D eigenvalue weighted by Crippen LogP contribution is -2.13. The van der Waals surface area contributed by atoms with Crippen LogP contribution < -0.4 is 5.73 Å². The van der Waals surface area contributed by atoms with Crippen molar-refractivity contribution in [3.8, 4) is 5.69 Å². The fraction of sp³-hybridized carbons (Fsp3) is 0.231. The molecular weight excluding hydrogens is 305 g/mol. The minimum atomic E-state index is -4.46. The molecule has 0 unspecified atom stereocenters. The van der Waals surface area contributed by atoms with Crippen LogP contribution in [0.4, 0.5) is 18.9 Å². The molecule has 1 aromatic heterocycles. The first kappa shape index (κ1) is 15.4. The van der Waals surface area contributed by atoms with E-state index in [4.69, 9.17) is 17.3 Å². The number of halogens is 4. The molecule has 2 N–H and O–H groups in total. The summed E-state index contributed by atoms with van der Waals surface area (Å²) in [5.74, 6) is 0.587. The van der Waals surface area contributed by atoms with Crippen molar-refractivity contribution in [3.63, 3.8) is 0 Å². The molecular formula is C13H12ClF3N4. The van der Waals surface area contributed by atoms with Crippen LogP contribution in [0.15, 0.2) is 35.6 Å². The maximum atomic E-state index is 12.8. The lowest BCUT2D eigenvalue weighted by molar-refractivity contribution is -0.137. The van der Waals surface area contributed by atoms with Gasteiger partial charge in [0.15, 0.2) is 0 Å². The van der Waals surface area contributed by atoms with Crippen LogP contribution in [-0.4, -0.2) is 21.3 Å². The maximum Gasteiger partial charge on any atom is 0.416 e. The highest BCUT2D eigenvalue weighted by atomic mass is 35.5. The van der Waals surface area contributed by atoms with Gasteiger partial charge in [0, 0.05) is 12.4 Å². The Labute approximate surface area is 124 Å². The van der Waals surface area contributed by atoms with Crippen LogP contribution in [0.2, 0.25) is 0 Å². The molecule has 0 spiro atoms. The normalized spacial score (nSPS) is 12.7. The van der Waals surface area contributed by atoms with Gasteiger partial charge in [-0.3, -0.25) is 0 Å². The van der Waals surface area contributed by atoms with E-state index in [0.717, 1.165) is 12.1 Å². The predicted molar refractivity (Wildman–Crippen MR) is 75.3 cm³/mol. The van der Waals surface area contributed by atoms with Crippen LogP contribution in [-0.2, 0) is 6.18 Å². The Balaban J connectivity index is 2.63. The van der Waals surface area contributed by atoms with Crippen molar-refractivity contribution in [1.29, 1.82) is 0 Å². The second-order valence-corrected chi connectivity index (χ2v) is 4.55. The summed E-state index contributed by atoms with van der Waals surface area (Å²) in [6.07, 6.45) is -1.28. The number of rotatable bonds is 3. The van der Waals surface area contributed by atoms with E-state index in [1.165, 1.54) is 6.07 Å². The van der Waals surface area contributed by atoms with E-state index in [9.17, 15) is 13.2 Å². The summed E-state index contributed by atoms with van der Waals surface area (Å²) < 4.78 is 40.1. The number of nitrogens with zero attached hydrogens (tertiary/aromatic N) is 3. The molecule has 0 bridgehead atoms. The third-order valence-corrected chi connectivity index (χ3v) is 3.06. The number of aliphatic imine (C=N–C) groups is 1. The van der Waals surface area contributed by atoms with Crippen molar-refractivity contribution in [1.82, 2.24) is 9.55 Å². The number of aryl methyl sites for hydroxylation is 1. The summed E-state index contributed by atoms with van der Waals surface area (Å²) in [4.78, 5) is 8.00. The number of imidazole rings is 1. The third kappa shape index (κ3) is 3.36. The average molecular weight is 317 g/mol. The fourth-order valence-corrected chi connectivity index (χ4v) is 1.87. The van der Waals surface area contributed by atoms with Gasteiger partial charge in [0.1, 0.15) is 11.7 Å². The largest absolute Gasteiger partial charge is 0.416 e. The van der Waals surface area contributed by atoms with Crippen molar-refractivity contribution in [3.05, 3.63) is 42.0 Å². The van der Waals surface area contributed by atoms with Gasteiger partial charge in [-0.25, -0.2) is 9.98 Å². The van der Waals surface area contributed by atoms with Crippen LogP contribution in [0.5, 0.6) is 0 Å². The first-order valence-electron chi connectivity index (χ1n) is 5.93.